The van der Waals surface area contributed by atoms with Crippen LogP contribution in [0, 0.1) is 5.92 Å². The molecule has 0 amide bonds. The maximum Gasteiger partial charge on any atom is 0.0762 e. The minimum atomic E-state index is 0.555. The van der Waals surface area contributed by atoms with Gasteiger partial charge >= 0.3 is 0 Å². The van der Waals surface area contributed by atoms with E-state index in [4.69, 9.17) is 5.10 Å². The topological polar surface area (TPSA) is 29.9 Å². The molecule has 0 radical (unpaired) electrons. The van der Waals surface area contributed by atoms with Crippen LogP contribution in [0.15, 0.2) is 12.3 Å². The monoisotopic (exact) mass is 277 g/mol. The summed E-state index contributed by atoms with van der Waals surface area (Å²) in [6.07, 6.45) is 11.5. The van der Waals surface area contributed by atoms with Crippen LogP contribution in [0.1, 0.15) is 77.5 Å². The van der Waals surface area contributed by atoms with E-state index in [1.54, 1.807) is 0 Å². The van der Waals surface area contributed by atoms with Crippen molar-refractivity contribution in [1.29, 1.82) is 0 Å². The fraction of sp³-hybridized carbons (Fsp3) is 0.824. The Morgan fingerprint density at radius 1 is 1.25 bits per heavy atom. The van der Waals surface area contributed by atoms with E-state index in [0.29, 0.717) is 12.1 Å². The standard InChI is InChI=1S/C17H31N3/c1-4-17(5-2)20-12-11-16(19-20)13-18-14(3)15-9-7-6-8-10-15/h11-12,14-15,17-18H,4-10,13H2,1-3H3/t14-/m0/s1. The van der Waals surface area contributed by atoms with Crippen molar-refractivity contribution < 1.29 is 0 Å². The van der Waals surface area contributed by atoms with E-state index in [9.17, 15) is 0 Å². The summed E-state index contributed by atoms with van der Waals surface area (Å²) in [5.74, 6) is 0.866. The number of hydrogen-bond donors (Lipinski definition) is 1. The molecule has 1 heterocycles. The number of nitrogens with zero attached hydrogens (tertiary/aromatic N) is 2. The Bertz CT molecular complexity index is 375. The molecule has 0 aromatic carbocycles. The summed E-state index contributed by atoms with van der Waals surface area (Å²) in [6, 6.07) is 3.34. The molecule has 1 aromatic rings. The highest BCUT2D eigenvalue weighted by atomic mass is 15.3. The summed E-state index contributed by atoms with van der Waals surface area (Å²) in [4.78, 5) is 0. The highest BCUT2D eigenvalue weighted by Gasteiger charge is 2.19. The zero-order valence-corrected chi connectivity index (χ0v) is 13.4. The summed E-state index contributed by atoms with van der Waals surface area (Å²) >= 11 is 0. The first-order chi connectivity index (χ1) is 9.74. The van der Waals surface area contributed by atoms with Crippen LogP contribution in [-0.2, 0) is 6.54 Å². The SMILES string of the molecule is CCC(CC)n1ccc(CN[C@@H](C)C2CCCCC2)n1. The Morgan fingerprint density at radius 2 is 1.95 bits per heavy atom. The molecule has 0 bridgehead atoms. The molecule has 0 spiro atoms. The number of rotatable bonds is 7. The lowest BCUT2D eigenvalue weighted by Crippen LogP contribution is -2.34. The lowest BCUT2D eigenvalue weighted by molar-refractivity contribution is 0.279. The minimum Gasteiger partial charge on any atom is -0.308 e. The first-order valence-corrected chi connectivity index (χ1v) is 8.52. The molecular weight excluding hydrogens is 246 g/mol. The number of aromatic nitrogens is 2. The molecule has 0 unspecified atom stereocenters. The summed E-state index contributed by atoms with van der Waals surface area (Å²) < 4.78 is 2.14. The van der Waals surface area contributed by atoms with Gasteiger partial charge in [0, 0.05) is 18.8 Å². The molecule has 114 valence electrons. The zero-order valence-electron chi connectivity index (χ0n) is 13.4. The summed E-state index contributed by atoms with van der Waals surface area (Å²) in [6.45, 7) is 7.72. The van der Waals surface area contributed by atoms with Gasteiger partial charge in [0.25, 0.3) is 0 Å². The molecule has 1 saturated carbocycles. The molecule has 3 nitrogen and oxygen atoms in total. The fourth-order valence-electron chi connectivity index (χ4n) is 3.40. The number of nitrogens with one attached hydrogen (secondary N) is 1. The highest BCUT2D eigenvalue weighted by molar-refractivity contribution is 5.00. The Kier molecular flexibility index (Phi) is 6.08. The van der Waals surface area contributed by atoms with Gasteiger partial charge < -0.3 is 5.32 Å². The quantitative estimate of drug-likeness (QED) is 0.805. The second-order valence-electron chi connectivity index (χ2n) is 6.33. The Balaban J connectivity index is 1.81. The molecule has 2 rings (SSSR count). The van der Waals surface area contributed by atoms with Gasteiger partial charge in [-0.25, -0.2) is 0 Å². The van der Waals surface area contributed by atoms with Crippen molar-refractivity contribution in [2.45, 2.75) is 84.3 Å². The van der Waals surface area contributed by atoms with Crippen LogP contribution in [-0.4, -0.2) is 15.8 Å². The van der Waals surface area contributed by atoms with Gasteiger partial charge in [-0.1, -0.05) is 33.1 Å². The normalized spacial score (nSPS) is 18.6. The molecule has 0 aliphatic heterocycles. The van der Waals surface area contributed by atoms with Crippen molar-refractivity contribution in [3.8, 4) is 0 Å². The van der Waals surface area contributed by atoms with E-state index in [1.807, 2.05) is 0 Å². The predicted molar refractivity (Wildman–Crippen MR) is 84.7 cm³/mol. The molecule has 1 aliphatic carbocycles. The van der Waals surface area contributed by atoms with Gasteiger partial charge in [0.2, 0.25) is 0 Å². The van der Waals surface area contributed by atoms with E-state index < -0.39 is 0 Å². The lowest BCUT2D eigenvalue weighted by atomic mass is 9.84. The zero-order chi connectivity index (χ0) is 14.4. The van der Waals surface area contributed by atoms with Crippen LogP contribution in [0.5, 0.6) is 0 Å². The van der Waals surface area contributed by atoms with Crippen LogP contribution >= 0.6 is 0 Å². The minimum absolute atomic E-state index is 0.555. The average molecular weight is 277 g/mol. The van der Waals surface area contributed by atoms with Gasteiger partial charge in [-0.05, 0) is 44.6 Å². The van der Waals surface area contributed by atoms with E-state index >= 15 is 0 Å². The molecule has 1 N–H and O–H groups in total. The Labute approximate surface area is 124 Å². The predicted octanol–water partition coefficient (Wildman–Crippen LogP) is 4.30. The summed E-state index contributed by atoms with van der Waals surface area (Å²) in [5, 5.41) is 8.40. The van der Waals surface area contributed by atoms with Crippen molar-refractivity contribution in [2.75, 3.05) is 0 Å². The molecule has 1 fully saturated rings. The van der Waals surface area contributed by atoms with E-state index in [2.05, 4.69) is 43.0 Å². The van der Waals surface area contributed by atoms with Crippen molar-refractivity contribution in [1.82, 2.24) is 15.1 Å². The molecule has 1 aliphatic rings. The summed E-state index contributed by atoms with van der Waals surface area (Å²) in [5.41, 5.74) is 1.18. The van der Waals surface area contributed by atoms with E-state index in [-0.39, 0.29) is 0 Å². The van der Waals surface area contributed by atoms with E-state index in [1.165, 1.54) is 37.8 Å². The van der Waals surface area contributed by atoms with Crippen molar-refractivity contribution >= 4 is 0 Å². The maximum atomic E-state index is 4.72. The van der Waals surface area contributed by atoms with Crippen LogP contribution in [0.2, 0.25) is 0 Å². The van der Waals surface area contributed by atoms with Gasteiger partial charge in [-0.2, -0.15) is 5.10 Å². The Hall–Kier alpha value is -0.830. The number of hydrogen-bond acceptors (Lipinski definition) is 2. The van der Waals surface area contributed by atoms with Gasteiger partial charge in [0.1, 0.15) is 0 Å². The lowest BCUT2D eigenvalue weighted by Gasteiger charge is -2.28. The van der Waals surface area contributed by atoms with Crippen molar-refractivity contribution in [3.05, 3.63) is 18.0 Å². The summed E-state index contributed by atoms with van der Waals surface area (Å²) in [7, 11) is 0. The first kappa shape index (κ1) is 15.6. The van der Waals surface area contributed by atoms with Crippen LogP contribution in [0.3, 0.4) is 0 Å². The molecule has 0 saturated heterocycles. The average Bonchev–Trinajstić information content (AvgIpc) is 2.96. The molecule has 1 aromatic heterocycles. The van der Waals surface area contributed by atoms with Crippen molar-refractivity contribution in [2.24, 2.45) is 5.92 Å². The third kappa shape index (κ3) is 4.08. The molecule has 3 heteroatoms. The maximum absolute atomic E-state index is 4.72. The van der Waals surface area contributed by atoms with Crippen LogP contribution in [0.4, 0.5) is 0 Å². The largest absolute Gasteiger partial charge is 0.308 e. The second kappa shape index (κ2) is 7.82. The van der Waals surface area contributed by atoms with Crippen LogP contribution in [0.25, 0.3) is 0 Å². The van der Waals surface area contributed by atoms with E-state index in [0.717, 1.165) is 25.3 Å². The van der Waals surface area contributed by atoms with Gasteiger partial charge in [0.05, 0.1) is 11.7 Å². The van der Waals surface area contributed by atoms with Gasteiger partial charge in [-0.15, -0.1) is 0 Å². The second-order valence-corrected chi connectivity index (χ2v) is 6.33. The van der Waals surface area contributed by atoms with Gasteiger partial charge in [-0.3, -0.25) is 4.68 Å². The Morgan fingerprint density at radius 3 is 2.60 bits per heavy atom. The molecule has 1 atom stereocenters. The van der Waals surface area contributed by atoms with Crippen LogP contribution < -0.4 is 5.32 Å². The third-order valence-corrected chi connectivity index (χ3v) is 4.94. The molecular formula is C17H31N3. The smallest absolute Gasteiger partial charge is 0.0762 e. The highest BCUT2D eigenvalue weighted by Crippen LogP contribution is 2.26. The third-order valence-electron chi connectivity index (χ3n) is 4.94. The fourth-order valence-corrected chi connectivity index (χ4v) is 3.40. The van der Waals surface area contributed by atoms with Gasteiger partial charge in [0.15, 0.2) is 0 Å². The molecule has 20 heavy (non-hydrogen) atoms. The first-order valence-electron chi connectivity index (χ1n) is 8.52. The van der Waals surface area contributed by atoms with Crippen molar-refractivity contribution in [3.63, 3.8) is 0 Å².